The molecule has 21 heavy (non-hydrogen) atoms. The minimum absolute atomic E-state index is 0.0710. The molecule has 3 rings (SSSR count). The van der Waals surface area contributed by atoms with E-state index in [1.165, 1.54) is 18.2 Å². The molecule has 2 N–H and O–H groups in total. The van der Waals surface area contributed by atoms with Crippen molar-refractivity contribution in [1.82, 2.24) is 0 Å². The zero-order valence-corrected chi connectivity index (χ0v) is 11.1. The number of halogens is 3. The molecule has 110 valence electrons. The Labute approximate surface area is 120 Å². The first-order valence-corrected chi connectivity index (χ1v) is 6.70. The van der Waals surface area contributed by atoms with Gasteiger partial charge in [-0.1, -0.05) is 30.3 Å². The van der Waals surface area contributed by atoms with Gasteiger partial charge in [0.2, 0.25) is 0 Å². The van der Waals surface area contributed by atoms with E-state index < -0.39 is 11.7 Å². The maximum atomic E-state index is 13.2. The lowest BCUT2D eigenvalue weighted by molar-refractivity contribution is -0.138. The Morgan fingerprint density at radius 1 is 1.00 bits per heavy atom. The summed E-state index contributed by atoms with van der Waals surface area (Å²) in [5.74, 6) is -0.298. The Morgan fingerprint density at radius 2 is 1.71 bits per heavy atom. The van der Waals surface area contributed by atoms with E-state index in [1.807, 2.05) is 0 Å². The van der Waals surface area contributed by atoms with E-state index in [0.29, 0.717) is 24.2 Å². The van der Waals surface area contributed by atoms with Crippen LogP contribution < -0.4 is 5.32 Å². The van der Waals surface area contributed by atoms with Gasteiger partial charge in [-0.25, -0.2) is 0 Å². The molecule has 0 aromatic heterocycles. The Hall–Kier alpha value is -2.17. The molecule has 2 nitrogen and oxygen atoms in total. The summed E-state index contributed by atoms with van der Waals surface area (Å²) in [5, 5.41) is 12.9. The van der Waals surface area contributed by atoms with Crippen molar-refractivity contribution in [2.24, 2.45) is 0 Å². The first-order valence-electron chi connectivity index (χ1n) is 6.70. The lowest BCUT2D eigenvalue weighted by Crippen LogP contribution is -2.20. The number of para-hydroxylation sites is 1. The number of hydrogen-bond acceptors (Lipinski definition) is 2. The number of phenols is 1. The second-order valence-electron chi connectivity index (χ2n) is 5.09. The molecule has 0 radical (unpaired) electrons. The lowest BCUT2D eigenvalue weighted by atomic mass is 9.82. The van der Waals surface area contributed by atoms with E-state index in [2.05, 4.69) is 5.32 Å². The Bertz CT molecular complexity index is 667. The van der Waals surface area contributed by atoms with Gasteiger partial charge in [0.1, 0.15) is 5.75 Å². The number of fused-ring (bicyclic) bond motifs is 1. The standard InChI is InChI=1S/C16H14F3NO/c17-16(18,19)13-6-2-1-4-11(13)10-8-9-20-15-12(10)5-3-7-14(15)21/h1-7,10,20-21H,8-9H2. The monoisotopic (exact) mass is 293 g/mol. The summed E-state index contributed by atoms with van der Waals surface area (Å²) in [5.41, 5.74) is 0.897. The van der Waals surface area contributed by atoms with E-state index in [1.54, 1.807) is 18.2 Å². The molecular formula is C16H14F3NO. The highest BCUT2D eigenvalue weighted by Crippen LogP contribution is 2.44. The molecule has 2 aromatic carbocycles. The molecule has 0 amide bonds. The van der Waals surface area contributed by atoms with Gasteiger partial charge in [0, 0.05) is 12.5 Å². The highest BCUT2D eigenvalue weighted by molar-refractivity contribution is 5.66. The van der Waals surface area contributed by atoms with E-state index in [9.17, 15) is 18.3 Å². The summed E-state index contributed by atoms with van der Waals surface area (Å²) in [7, 11) is 0. The number of rotatable bonds is 1. The first kappa shape index (κ1) is 13.8. The van der Waals surface area contributed by atoms with E-state index >= 15 is 0 Å². The van der Waals surface area contributed by atoms with E-state index in [4.69, 9.17) is 0 Å². The Balaban J connectivity index is 2.14. The highest BCUT2D eigenvalue weighted by atomic mass is 19.4. The smallest absolute Gasteiger partial charge is 0.416 e. The van der Waals surface area contributed by atoms with Crippen molar-refractivity contribution in [3.8, 4) is 5.75 Å². The summed E-state index contributed by atoms with van der Waals surface area (Å²) in [6.45, 7) is 0.529. The van der Waals surface area contributed by atoms with Crippen molar-refractivity contribution in [2.45, 2.75) is 18.5 Å². The van der Waals surface area contributed by atoms with Crippen LogP contribution in [0.5, 0.6) is 5.75 Å². The van der Waals surface area contributed by atoms with Gasteiger partial charge < -0.3 is 10.4 Å². The van der Waals surface area contributed by atoms with Crippen molar-refractivity contribution in [2.75, 3.05) is 11.9 Å². The van der Waals surface area contributed by atoms with E-state index in [0.717, 1.165) is 6.07 Å². The number of hydrogen-bond donors (Lipinski definition) is 2. The summed E-state index contributed by atoms with van der Waals surface area (Å²) >= 11 is 0. The van der Waals surface area contributed by atoms with Gasteiger partial charge in [-0.3, -0.25) is 0 Å². The van der Waals surface area contributed by atoms with Crippen LogP contribution in [0.4, 0.5) is 18.9 Å². The van der Waals surface area contributed by atoms with Crippen molar-refractivity contribution < 1.29 is 18.3 Å². The van der Waals surface area contributed by atoms with Crippen LogP contribution in [0.25, 0.3) is 0 Å². The minimum atomic E-state index is -4.38. The average molecular weight is 293 g/mol. The van der Waals surface area contributed by atoms with E-state index in [-0.39, 0.29) is 17.2 Å². The SMILES string of the molecule is Oc1cccc2c1NCCC2c1ccccc1C(F)(F)F. The molecule has 0 bridgehead atoms. The van der Waals surface area contributed by atoms with Crippen LogP contribution in [-0.4, -0.2) is 11.7 Å². The van der Waals surface area contributed by atoms with Gasteiger partial charge in [0.15, 0.2) is 0 Å². The summed E-state index contributed by atoms with van der Waals surface area (Å²) < 4.78 is 39.6. The first-order chi connectivity index (χ1) is 9.98. The third-order valence-corrected chi connectivity index (χ3v) is 3.83. The molecule has 0 saturated carbocycles. The van der Waals surface area contributed by atoms with Gasteiger partial charge in [0.05, 0.1) is 11.3 Å². The highest BCUT2D eigenvalue weighted by Gasteiger charge is 2.36. The third kappa shape index (κ3) is 2.44. The van der Waals surface area contributed by atoms with Crippen molar-refractivity contribution in [3.63, 3.8) is 0 Å². The number of nitrogens with one attached hydrogen (secondary N) is 1. The molecule has 0 saturated heterocycles. The van der Waals surface area contributed by atoms with Gasteiger partial charge in [-0.2, -0.15) is 13.2 Å². The molecule has 1 unspecified atom stereocenters. The average Bonchev–Trinajstić information content (AvgIpc) is 2.46. The van der Waals surface area contributed by atoms with Gasteiger partial charge in [-0.05, 0) is 29.7 Å². The topological polar surface area (TPSA) is 32.3 Å². The molecule has 1 aliphatic rings. The predicted molar refractivity (Wildman–Crippen MR) is 74.5 cm³/mol. The van der Waals surface area contributed by atoms with Crippen LogP contribution in [0.3, 0.4) is 0 Å². The number of anilines is 1. The molecule has 0 spiro atoms. The molecule has 5 heteroatoms. The second-order valence-corrected chi connectivity index (χ2v) is 5.09. The molecule has 2 aromatic rings. The minimum Gasteiger partial charge on any atom is -0.506 e. The van der Waals surface area contributed by atoms with Crippen molar-refractivity contribution >= 4 is 5.69 Å². The second kappa shape index (κ2) is 4.98. The maximum absolute atomic E-state index is 13.2. The largest absolute Gasteiger partial charge is 0.506 e. The van der Waals surface area contributed by atoms with Crippen LogP contribution in [0, 0.1) is 0 Å². The molecular weight excluding hydrogens is 279 g/mol. The maximum Gasteiger partial charge on any atom is 0.416 e. The van der Waals surface area contributed by atoms with Crippen LogP contribution in [0.1, 0.15) is 29.0 Å². The molecule has 1 aliphatic heterocycles. The van der Waals surface area contributed by atoms with Gasteiger partial charge in [-0.15, -0.1) is 0 Å². The molecule has 0 aliphatic carbocycles. The molecule has 1 heterocycles. The molecule has 1 atom stereocenters. The fraction of sp³-hybridized carbons (Fsp3) is 0.250. The zero-order valence-electron chi connectivity index (χ0n) is 11.1. The van der Waals surface area contributed by atoms with Crippen LogP contribution in [-0.2, 0) is 6.18 Å². The summed E-state index contributed by atoms with van der Waals surface area (Å²) in [6.07, 6.45) is -3.82. The number of alkyl halides is 3. The summed E-state index contributed by atoms with van der Waals surface area (Å²) in [6, 6.07) is 10.6. The quantitative estimate of drug-likeness (QED) is 0.766. The van der Waals surface area contributed by atoms with Crippen LogP contribution in [0.2, 0.25) is 0 Å². The normalized spacial score (nSPS) is 18.0. The molecule has 0 fully saturated rings. The lowest BCUT2D eigenvalue weighted by Gasteiger charge is -2.29. The van der Waals surface area contributed by atoms with Gasteiger partial charge in [0.25, 0.3) is 0 Å². The number of phenolic OH excluding ortho intramolecular Hbond substituents is 1. The predicted octanol–water partition coefficient (Wildman–Crippen LogP) is 4.36. The zero-order chi connectivity index (χ0) is 15.0. The van der Waals surface area contributed by atoms with Crippen LogP contribution >= 0.6 is 0 Å². The summed E-state index contributed by atoms with van der Waals surface area (Å²) in [4.78, 5) is 0. The van der Waals surface area contributed by atoms with Gasteiger partial charge >= 0.3 is 6.18 Å². The fourth-order valence-corrected chi connectivity index (χ4v) is 2.92. The van der Waals surface area contributed by atoms with Crippen LogP contribution in [0.15, 0.2) is 42.5 Å². The Morgan fingerprint density at radius 3 is 2.48 bits per heavy atom. The Kier molecular flexibility index (Phi) is 3.27. The number of benzene rings is 2. The van der Waals surface area contributed by atoms with Crippen molar-refractivity contribution in [1.29, 1.82) is 0 Å². The number of aromatic hydroxyl groups is 1. The van der Waals surface area contributed by atoms with Crippen molar-refractivity contribution in [3.05, 3.63) is 59.2 Å². The fourth-order valence-electron chi connectivity index (χ4n) is 2.92. The third-order valence-electron chi connectivity index (χ3n) is 3.83.